The normalized spacial score (nSPS) is 13.5. The molecule has 0 amide bonds. The van der Waals surface area contributed by atoms with Gasteiger partial charge in [0.05, 0.1) is 6.54 Å². The zero-order valence-electron chi connectivity index (χ0n) is 9.46. The molecule has 0 aliphatic rings. The van der Waals surface area contributed by atoms with Crippen molar-refractivity contribution in [2.24, 2.45) is 5.92 Å². The number of aryl methyl sites for hydroxylation is 1. The summed E-state index contributed by atoms with van der Waals surface area (Å²) in [5.74, 6) is 2.45. The zero-order chi connectivity index (χ0) is 10.6. The van der Waals surface area contributed by atoms with E-state index in [1.807, 2.05) is 6.92 Å². The Hall–Kier alpha value is -0.900. The third-order valence-corrected chi connectivity index (χ3v) is 2.08. The van der Waals surface area contributed by atoms with Gasteiger partial charge in [0.1, 0.15) is 5.82 Å². The van der Waals surface area contributed by atoms with E-state index < -0.39 is 0 Å². The summed E-state index contributed by atoms with van der Waals surface area (Å²) in [6, 6.07) is 0.522. The molecule has 0 saturated heterocycles. The Morgan fingerprint density at radius 2 is 2.07 bits per heavy atom. The Bertz CT molecular complexity index is 267. The second-order valence-corrected chi connectivity index (χ2v) is 4.25. The Morgan fingerprint density at radius 3 is 2.57 bits per heavy atom. The number of hydrogen-bond acceptors (Lipinski definition) is 3. The second-order valence-electron chi connectivity index (χ2n) is 4.25. The lowest BCUT2D eigenvalue weighted by Crippen LogP contribution is -2.27. The molecule has 1 unspecified atom stereocenters. The molecule has 0 saturated carbocycles. The van der Waals surface area contributed by atoms with Gasteiger partial charge in [-0.1, -0.05) is 13.8 Å². The molecule has 0 aliphatic heterocycles. The Labute approximate surface area is 85.5 Å². The molecule has 1 rings (SSSR count). The molecule has 0 radical (unpaired) electrons. The molecule has 0 bridgehead atoms. The maximum absolute atomic E-state index is 4.23. The minimum Gasteiger partial charge on any atom is -0.307 e. The van der Waals surface area contributed by atoms with Crippen LogP contribution in [0, 0.1) is 12.8 Å². The predicted octanol–water partition coefficient (Wildman–Crippen LogP) is 1.64. The average Bonchev–Trinajstić information content (AvgIpc) is 2.47. The molecule has 4 heteroatoms. The van der Waals surface area contributed by atoms with Crippen LogP contribution in [0.3, 0.4) is 0 Å². The van der Waals surface area contributed by atoms with E-state index in [-0.39, 0.29) is 0 Å². The van der Waals surface area contributed by atoms with Crippen LogP contribution in [-0.4, -0.2) is 21.2 Å². The number of hydrogen-bond donors (Lipinski definition) is 2. The van der Waals surface area contributed by atoms with E-state index in [9.17, 15) is 0 Å². The van der Waals surface area contributed by atoms with E-state index >= 15 is 0 Å². The predicted molar refractivity (Wildman–Crippen MR) is 56.9 cm³/mol. The molecule has 1 aromatic heterocycles. The Balaban J connectivity index is 2.26. The first-order chi connectivity index (χ1) is 6.58. The van der Waals surface area contributed by atoms with E-state index in [0.29, 0.717) is 6.04 Å². The topological polar surface area (TPSA) is 53.6 Å². The molecule has 1 aromatic rings. The van der Waals surface area contributed by atoms with Crippen molar-refractivity contribution in [1.29, 1.82) is 0 Å². The van der Waals surface area contributed by atoms with Crippen LogP contribution in [0.5, 0.6) is 0 Å². The summed E-state index contributed by atoms with van der Waals surface area (Å²) >= 11 is 0. The smallest absolute Gasteiger partial charge is 0.164 e. The van der Waals surface area contributed by atoms with Crippen LogP contribution in [0.1, 0.15) is 38.8 Å². The highest BCUT2D eigenvalue weighted by Crippen LogP contribution is 2.04. The fourth-order valence-corrected chi connectivity index (χ4v) is 1.52. The van der Waals surface area contributed by atoms with Gasteiger partial charge < -0.3 is 5.32 Å². The number of rotatable bonds is 5. The van der Waals surface area contributed by atoms with E-state index in [1.165, 1.54) is 6.42 Å². The number of nitrogens with zero attached hydrogens (tertiary/aromatic N) is 2. The molecule has 0 aromatic carbocycles. The van der Waals surface area contributed by atoms with E-state index in [0.717, 1.165) is 24.1 Å². The molecule has 0 fully saturated rings. The van der Waals surface area contributed by atoms with Crippen molar-refractivity contribution in [1.82, 2.24) is 20.5 Å². The molecule has 80 valence electrons. The molecule has 4 nitrogen and oxygen atoms in total. The number of nitrogens with one attached hydrogen (secondary N) is 2. The highest BCUT2D eigenvalue weighted by molar-refractivity contribution is 4.87. The first-order valence-corrected chi connectivity index (χ1v) is 5.19. The monoisotopic (exact) mass is 196 g/mol. The lowest BCUT2D eigenvalue weighted by atomic mass is 10.1. The minimum absolute atomic E-state index is 0.522. The fourth-order valence-electron chi connectivity index (χ4n) is 1.52. The number of H-pyrrole nitrogens is 1. The van der Waals surface area contributed by atoms with Gasteiger partial charge >= 0.3 is 0 Å². The van der Waals surface area contributed by atoms with Crippen molar-refractivity contribution >= 4 is 0 Å². The summed E-state index contributed by atoms with van der Waals surface area (Å²) in [6.45, 7) is 9.32. The van der Waals surface area contributed by atoms with E-state index in [1.54, 1.807) is 0 Å². The van der Waals surface area contributed by atoms with Crippen molar-refractivity contribution in [3.8, 4) is 0 Å². The van der Waals surface area contributed by atoms with Crippen LogP contribution in [-0.2, 0) is 6.54 Å². The lowest BCUT2D eigenvalue weighted by molar-refractivity contribution is 0.437. The number of aromatic amines is 1. The molecule has 14 heavy (non-hydrogen) atoms. The van der Waals surface area contributed by atoms with Crippen LogP contribution in [0.15, 0.2) is 0 Å². The van der Waals surface area contributed by atoms with Gasteiger partial charge in [-0.25, -0.2) is 4.98 Å². The maximum Gasteiger partial charge on any atom is 0.164 e. The van der Waals surface area contributed by atoms with Gasteiger partial charge in [0, 0.05) is 6.04 Å². The SMILES string of the molecule is Cc1nc(CNC(C)CC(C)C)n[nH]1. The lowest BCUT2D eigenvalue weighted by Gasteiger charge is -2.14. The van der Waals surface area contributed by atoms with Crippen LogP contribution in [0.25, 0.3) is 0 Å². The fraction of sp³-hybridized carbons (Fsp3) is 0.800. The third-order valence-electron chi connectivity index (χ3n) is 2.08. The molecule has 2 N–H and O–H groups in total. The van der Waals surface area contributed by atoms with E-state index in [4.69, 9.17) is 0 Å². The highest BCUT2D eigenvalue weighted by atomic mass is 15.2. The van der Waals surface area contributed by atoms with Crippen LogP contribution in [0.2, 0.25) is 0 Å². The van der Waals surface area contributed by atoms with Gasteiger partial charge in [-0.2, -0.15) is 5.10 Å². The van der Waals surface area contributed by atoms with Crippen LogP contribution < -0.4 is 5.32 Å². The summed E-state index contributed by atoms with van der Waals surface area (Å²) in [6.07, 6.45) is 1.18. The summed E-state index contributed by atoms with van der Waals surface area (Å²) in [5, 5.41) is 10.3. The molecule has 1 heterocycles. The molecule has 1 atom stereocenters. The van der Waals surface area contributed by atoms with Crippen molar-refractivity contribution in [3.63, 3.8) is 0 Å². The Kier molecular flexibility index (Phi) is 4.07. The summed E-state index contributed by atoms with van der Waals surface area (Å²) in [5.41, 5.74) is 0. The molecular formula is C10H20N4. The van der Waals surface area contributed by atoms with Gasteiger partial charge in [0.2, 0.25) is 0 Å². The highest BCUT2D eigenvalue weighted by Gasteiger charge is 2.05. The second kappa shape index (κ2) is 5.10. The van der Waals surface area contributed by atoms with Crippen molar-refractivity contribution in [3.05, 3.63) is 11.6 Å². The van der Waals surface area contributed by atoms with E-state index in [2.05, 4.69) is 41.3 Å². The van der Waals surface area contributed by atoms with Crippen LogP contribution in [0.4, 0.5) is 0 Å². The minimum atomic E-state index is 0.522. The van der Waals surface area contributed by atoms with Crippen molar-refractivity contribution in [2.75, 3.05) is 0 Å². The average molecular weight is 196 g/mol. The molecular weight excluding hydrogens is 176 g/mol. The summed E-state index contributed by atoms with van der Waals surface area (Å²) < 4.78 is 0. The molecule has 0 spiro atoms. The van der Waals surface area contributed by atoms with Crippen LogP contribution >= 0.6 is 0 Å². The van der Waals surface area contributed by atoms with Gasteiger partial charge in [-0.05, 0) is 26.2 Å². The van der Waals surface area contributed by atoms with Gasteiger partial charge in [0.25, 0.3) is 0 Å². The maximum atomic E-state index is 4.23. The van der Waals surface area contributed by atoms with Gasteiger partial charge in [-0.15, -0.1) is 0 Å². The molecule has 0 aliphatic carbocycles. The standard InChI is InChI=1S/C10H20N4/c1-7(2)5-8(3)11-6-10-12-9(4)13-14-10/h7-8,11H,5-6H2,1-4H3,(H,12,13,14). The van der Waals surface area contributed by atoms with Crippen molar-refractivity contribution in [2.45, 2.75) is 46.7 Å². The summed E-state index contributed by atoms with van der Waals surface area (Å²) in [7, 11) is 0. The largest absolute Gasteiger partial charge is 0.307 e. The van der Waals surface area contributed by atoms with Gasteiger partial charge in [0.15, 0.2) is 5.82 Å². The van der Waals surface area contributed by atoms with Crippen molar-refractivity contribution < 1.29 is 0 Å². The van der Waals surface area contributed by atoms with Gasteiger partial charge in [-0.3, -0.25) is 5.10 Å². The summed E-state index contributed by atoms with van der Waals surface area (Å²) in [4.78, 5) is 4.23. The third kappa shape index (κ3) is 3.87. The number of aromatic nitrogens is 3. The first kappa shape index (κ1) is 11.2. The zero-order valence-corrected chi connectivity index (χ0v) is 9.46. The Morgan fingerprint density at radius 1 is 1.36 bits per heavy atom. The first-order valence-electron chi connectivity index (χ1n) is 5.19. The quantitative estimate of drug-likeness (QED) is 0.752.